The molecule has 0 aliphatic heterocycles. The number of carbonyl (C=O) groups is 1. The first-order valence-corrected chi connectivity index (χ1v) is 9.12. The van der Waals surface area contributed by atoms with Crippen molar-refractivity contribution in [1.82, 2.24) is 19.8 Å². The highest BCUT2D eigenvalue weighted by Crippen LogP contribution is 2.20. The number of nitrogens with one attached hydrogen (secondary N) is 1. The Kier molecular flexibility index (Phi) is 4.82. The first-order chi connectivity index (χ1) is 11.2. The van der Waals surface area contributed by atoms with Gasteiger partial charge in [0.25, 0.3) is 0 Å². The number of rotatable bonds is 5. The first kappa shape index (κ1) is 15.8. The molecule has 0 saturated carbocycles. The number of nitrogens with zero attached hydrogens (tertiary/aromatic N) is 4. The number of thioether (sulfide) groups is 2. The quantitative estimate of drug-likeness (QED) is 0.717. The smallest absolute Gasteiger partial charge is 0.234 e. The highest BCUT2D eigenvalue weighted by atomic mass is 32.2. The van der Waals surface area contributed by atoms with E-state index in [-0.39, 0.29) is 5.91 Å². The fourth-order valence-corrected chi connectivity index (χ4v) is 3.11. The number of aryl methyl sites for hydroxylation is 1. The third-order valence-electron chi connectivity index (χ3n) is 3.10. The van der Waals surface area contributed by atoms with E-state index in [1.165, 1.54) is 11.8 Å². The maximum Gasteiger partial charge on any atom is 0.234 e. The summed E-state index contributed by atoms with van der Waals surface area (Å²) in [5, 5.41) is 16.0. The highest BCUT2D eigenvalue weighted by molar-refractivity contribution is 8.00. The third kappa shape index (κ3) is 3.83. The number of hydrogen-bond acceptors (Lipinski definition) is 6. The molecule has 2 heterocycles. The minimum atomic E-state index is -0.0596. The van der Waals surface area contributed by atoms with Crippen molar-refractivity contribution < 1.29 is 4.79 Å². The molecule has 3 rings (SSSR count). The van der Waals surface area contributed by atoms with E-state index in [1.54, 1.807) is 16.3 Å². The van der Waals surface area contributed by atoms with Gasteiger partial charge >= 0.3 is 0 Å². The van der Waals surface area contributed by atoms with Gasteiger partial charge in [0, 0.05) is 10.6 Å². The van der Waals surface area contributed by atoms with Gasteiger partial charge in [0.15, 0.2) is 11.5 Å². The fraction of sp³-hybridized carbons (Fsp3) is 0.200. The molecular weight excluding hydrogens is 330 g/mol. The van der Waals surface area contributed by atoms with Crippen LogP contribution in [0.1, 0.15) is 5.82 Å². The average Bonchev–Trinajstić information content (AvgIpc) is 2.94. The lowest BCUT2D eigenvalue weighted by atomic mass is 10.3. The molecule has 8 heteroatoms. The van der Waals surface area contributed by atoms with Gasteiger partial charge in [-0.3, -0.25) is 4.79 Å². The van der Waals surface area contributed by atoms with Gasteiger partial charge in [-0.1, -0.05) is 17.8 Å². The molecule has 0 atom stereocenters. The van der Waals surface area contributed by atoms with E-state index >= 15 is 0 Å². The molecule has 0 spiro atoms. The van der Waals surface area contributed by atoms with Crippen LogP contribution in [0.5, 0.6) is 0 Å². The van der Waals surface area contributed by atoms with Gasteiger partial charge in [0.1, 0.15) is 5.03 Å². The SMILES string of the molecule is CSc1cccc(NC(=O)CSc2ccc3nnc(C)n3n2)c1. The van der Waals surface area contributed by atoms with Crippen LogP contribution in [0.4, 0.5) is 5.69 Å². The number of amides is 1. The van der Waals surface area contributed by atoms with E-state index in [4.69, 9.17) is 0 Å². The maximum atomic E-state index is 12.1. The molecule has 1 amide bonds. The summed E-state index contributed by atoms with van der Waals surface area (Å²) in [7, 11) is 0. The summed E-state index contributed by atoms with van der Waals surface area (Å²) in [4.78, 5) is 13.2. The van der Waals surface area contributed by atoms with Crippen LogP contribution in [0, 0.1) is 6.92 Å². The molecule has 2 aromatic heterocycles. The van der Waals surface area contributed by atoms with E-state index < -0.39 is 0 Å². The van der Waals surface area contributed by atoms with Gasteiger partial charge in [-0.25, -0.2) is 0 Å². The number of anilines is 1. The Bertz CT molecular complexity index is 849. The predicted molar refractivity (Wildman–Crippen MR) is 93.1 cm³/mol. The molecule has 23 heavy (non-hydrogen) atoms. The Balaban J connectivity index is 1.62. The van der Waals surface area contributed by atoms with Gasteiger partial charge in [0.05, 0.1) is 5.75 Å². The van der Waals surface area contributed by atoms with Gasteiger partial charge in [-0.05, 0) is 43.5 Å². The van der Waals surface area contributed by atoms with Crippen molar-refractivity contribution in [1.29, 1.82) is 0 Å². The Morgan fingerprint density at radius 2 is 2.13 bits per heavy atom. The van der Waals surface area contributed by atoms with Crippen LogP contribution in [-0.2, 0) is 4.79 Å². The van der Waals surface area contributed by atoms with Gasteiger partial charge in [-0.15, -0.1) is 22.0 Å². The van der Waals surface area contributed by atoms with Crippen molar-refractivity contribution in [2.75, 3.05) is 17.3 Å². The number of carbonyl (C=O) groups excluding carboxylic acids is 1. The largest absolute Gasteiger partial charge is 0.325 e. The van der Waals surface area contributed by atoms with E-state index in [0.717, 1.165) is 21.4 Å². The second-order valence-electron chi connectivity index (χ2n) is 4.76. The lowest BCUT2D eigenvalue weighted by Gasteiger charge is -2.06. The highest BCUT2D eigenvalue weighted by Gasteiger charge is 2.07. The Labute approximate surface area is 142 Å². The van der Waals surface area contributed by atoms with Crippen LogP contribution in [-0.4, -0.2) is 37.7 Å². The average molecular weight is 345 g/mol. The van der Waals surface area contributed by atoms with Crippen LogP contribution in [0.15, 0.2) is 46.3 Å². The molecule has 3 aromatic rings. The molecule has 118 valence electrons. The van der Waals surface area contributed by atoms with Crippen LogP contribution in [0.25, 0.3) is 5.65 Å². The summed E-state index contributed by atoms with van der Waals surface area (Å²) in [6, 6.07) is 11.5. The third-order valence-corrected chi connectivity index (χ3v) is 4.74. The van der Waals surface area contributed by atoms with Crippen molar-refractivity contribution in [3.05, 3.63) is 42.2 Å². The van der Waals surface area contributed by atoms with E-state index in [1.807, 2.05) is 49.6 Å². The van der Waals surface area contributed by atoms with Crippen molar-refractivity contribution in [3.8, 4) is 0 Å². The summed E-state index contributed by atoms with van der Waals surface area (Å²) in [5.41, 5.74) is 1.51. The van der Waals surface area contributed by atoms with E-state index in [9.17, 15) is 4.79 Å². The molecular formula is C15H15N5OS2. The van der Waals surface area contributed by atoms with Crippen LogP contribution < -0.4 is 5.32 Å². The fourth-order valence-electron chi connectivity index (χ4n) is 1.99. The summed E-state index contributed by atoms with van der Waals surface area (Å²) in [6.07, 6.45) is 2.01. The molecule has 0 radical (unpaired) electrons. The Morgan fingerprint density at radius 3 is 2.96 bits per heavy atom. The first-order valence-electron chi connectivity index (χ1n) is 6.91. The predicted octanol–water partition coefficient (Wildman–Crippen LogP) is 2.89. The van der Waals surface area contributed by atoms with Gasteiger partial charge in [-0.2, -0.15) is 9.61 Å². The summed E-state index contributed by atoms with van der Waals surface area (Å²) in [6.45, 7) is 1.84. The van der Waals surface area contributed by atoms with Gasteiger partial charge in [0.2, 0.25) is 5.91 Å². The second-order valence-corrected chi connectivity index (χ2v) is 6.63. The zero-order valence-corrected chi connectivity index (χ0v) is 14.3. The van der Waals surface area contributed by atoms with Crippen LogP contribution >= 0.6 is 23.5 Å². The van der Waals surface area contributed by atoms with Crippen LogP contribution in [0.2, 0.25) is 0 Å². The molecule has 1 aromatic carbocycles. The Morgan fingerprint density at radius 1 is 1.26 bits per heavy atom. The number of benzene rings is 1. The van der Waals surface area contributed by atoms with E-state index in [0.29, 0.717) is 11.4 Å². The van der Waals surface area contributed by atoms with Crippen molar-refractivity contribution in [2.24, 2.45) is 0 Å². The molecule has 6 nitrogen and oxygen atoms in total. The monoisotopic (exact) mass is 345 g/mol. The summed E-state index contributed by atoms with van der Waals surface area (Å²) in [5.74, 6) is 0.958. The van der Waals surface area contributed by atoms with Gasteiger partial charge < -0.3 is 5.32 Å². The van der Waals surface area contributed by atoms with E-state index in [2.05, 4.69) is 20.6 Å². The zero-order valence-electron chi connectivity index (χ0n) is 12.7. The maximum absolute atomic E-state index is 12.1. The second kappa shape index (κ2) is 7.01. The molecule has 0 aliphatic rings. The number of hydrogen-bond donors (Lipinski definition) is 1. The van der Waals surface area contributed by atoms with Crippen molar-refractivity contribution >= 4 is 40.8 Å². The minimum Gasteiger partial charge on any atom is -0.325 e. The summed E-state index contributed by atoms with van der Waals surface area (Å²) >= 11 is 3.02. The lowest BCUT2D eigenvalue weighted by molar-refractivity contribution is -0.113. The number of aromatic nitrogens is 4. The molecule has 0 unspecified atom stereocenters. The lowest BCUT2D eigenvalue weighted by Crippen LogP contribution is -2.14. The minimum absolute atomic E-state index is 0.0596. The molecule has 0 fully saturated rings. The summed E-state index contributed by atoms with van der Waals surface area (Å²) < 4.78 is 1.67. The number of fused-ring (bicyclic) bond motifs is 1. The topological polar surface area (TPSA) is 72.2 Å². The molecule has 1 N–H and O–H groups in total. The molecule has 0 aliphatic carbocycles. The Hall–Kier alpha value is -2.06. The molecule has 0 saturated heterocycles. The van der Waals surface area contributed by atoms with Crippen molar-refractivity contribution in [2.45, 2.75) is 16.8 Å². The zero-order chi connectivity index (χ0) is 16.2. The van der Waals surface area contributed by atoms with Crippen molar-refractivity contribution in [3.63, 3.8) is 0 Å². The van der Waals surface area contributed by atoms with Crippen LogP contribution in [0.3, 0.4) is 0 Å². The normalized spacial score (nSPS) is 10.9. The molecule has 0 bridgehead atoms. The standard InChI is InChI=1S/C15H15N5OS2/c1-10-17-18-13-6-7-15(19-20(10)13)23-9-14(21)16-11-4-3-5-12(8-11)22-2/h3-8H,9H2,1-2H3,(H,16,21).